The van der Waals surface area contributed by atoms with Gasteiger partial charge in [-0.2, -0.15) is 0 Å². The molecular formula is C14H21NO3S. The van der Waals surface area contributed by atoms with Gasteiger partial charge in [-0.1, -0.05) is 13.8 Å². The maximum atomic E-state index is 12.1. The van der Waals surface area contributed by atoms with Gasteiger partial charge in [0.15, 0.2) is 5.78 Å². The number of rotatable bonds is 3. The fourth-order valence-electron chi connectivity index (χ4n) is 1.50. The van der Waals surface area contributed by atoms with Crippen LogP contribution in [0.25, 0.3) is 0 Å². The van der Waals surface area contributed by atoms with Gasteiger partial charge in [-0.15, -0.1) is 11.3 Å². The second kappa shape index (κ2) is 5.74. The lowest BCUT2D eigenvalue weighted by molar-refractivity contribution is 0.0636. The van der Waals surface area contributed by atoms with E-state index in [1.165, 1.54) is 11.3 Å². The molecule has 0 saturated carbocycles. The first-order valence-corrected chi connectivity index (χ1v) is 7.06. The van der Waals surface area contributed by atoms with Crippen molar-refractivity contribution < 1.29 is 14.3 Å². The molecule has 5 heteroatoms. The zero-order valence-corrected chi connectivity index (χ0v) is 13.1. The van der Waals surface area contributed by atoms with Gasteiger partial charge in [-0.05, 0) is 33.8 Å². The van der Waals surface area contributed by atoms with Crippen LogP contribution in [0.2, 0.25) is 0 Å². The first kappa shape index (κ1) is 15.7. The summed E-state index contributed by atoms with van der Waals surface area (Å²) in [5.41, 5.74) is 0.00173. The number of thiophene rings is 1. The summed E-state index contributed by atoms with van der Waals surface area (Å²) in [5.74, 6) is -0.0800. The Morgan fingerprint density at radius 2 is 1.89 bits per heavy atom. The molecule has 0 aliphatic carbocycles. The predicted molar refractivity (Wildman–Crippen MR) is 78.1 cm³/mol. The molecule has 0 spiro atoms. The smallest absolute Gasteiger partial charge is 0.412 e. The normalized spacial score (nSPS) is 11.5. The number of amides is 1. The summed E-state index contributed by atoms with van der Waals surface area (Å²) >= 11 is 1.38. The Balaban J connectivity index is 2.90. The summed E-state index contributed by atoms with van der Waals surface area (Å²) < 4.78 is 5.19. The molecule has 4 nitrogen and oxygen atoms in total. The van der Waals surface area contributed by atoms with Crippen molar-refractivity contribution in [1.82, 2.24) is 0 Å². The molecule has 1 N–H and O–H groups in total. The molecule has 106 valence electrons. The van der Waals surface area contributed by atoms with Crippen molar-refractivity contribution in [1.29, 1.82) is 0 Å². The summed E-state index contributed by atoms with van der Waals surface area (Å²) in [6.45, 7) is 11.0. The molecule has 1 aromatic rings. The van der Waals surface area contributed by atoms with Crippen LogP contribution in [0.4, 0.5) is 9.80 Å². The number of anilines is 1. The van der Waals surface area contributed by atoms with Gasteiger partial charge in [-0.25, -0.2) is 4.79 Å². The molecule has 0 aromatic carbocycles. The topological polar surface area (TPSA) is 55.4 Å². The van der Waals surface area contributed by atoms with Crippen LogP contribution in [-0.4, -0.2) is 17.5 Å². The lowest BCUT2D eigenvalue weighted by Gasteiger charge is -2.19. The van der Waals surface area contributed by atoms with Crippen molar-refractivity contribution in [2.75, 3.05) is 5.32 Å². The average molecular weight is 283 g/mol. The van der Waals surface area contributed by atoms with E-state index in [9.17, 15) is 9.59 Å². The van der Waals surface area contributed by atoms with Crippen molar-refractivity contribution >= 4 is 28.2 Å². The first-order valence-electron chi connectivity index (χ1n) is 6.25. The number of hydrogen-bond acceptors (Lipinski definition) is 4. The van der Waals surface area contributed by atoms with E-state index in [1.54, 1.807) is 26.8 Å². The second-order valence-corrected chi connectivity index (χ2v) is 7.00. The molecule has 0 aliphatic heterocycles. The number of ketones is 1. The third kappa shape index (κ3) is 4.67. The zero-order valence-electron chi connectivity index (χ0n) is 12.3. The number of nitrogens with one attached hydrogen (secondary N) is 1. The summed E-state index contributed by atoms with van der Waals surface area (Å²) in [5, 5.41) is 3.22. The highest BCUT2D eigenvalue weighted by Crippen LogP contribution is 2.30. The summed E-state index contributed by atoms with van der Waals surface area (Å²) in [4.78, 5) is 24.8. The maximum absolute atomic E-state index is 12.1. The van der Waals surface area contributed by atoms with Crippen molar-refractivity contribution in [2.24, 2.45) is 5.92 Å². The van der Waals surface area contributed by atoms with Gasteiger partial charge in [-0.3, -0.25) is 10.1 Å². The highest BCUT2D eigenvalue weighted by atomic mass is 32.1. The second-order valence-electron chi connectivity index (χ2n) is 5.75. The van der Waals surface area contributed by atoms with E-state index in [4.69, 9.17) is 4.74 Å². The molecule has 0 unspecified atom stereocenters. The number of carbonyl (C=O) groups is 2. The molecule has 0 aliphatic rings. The van der Waals surface area contributed by atoms with Crippen molar-refractivity contribution in [3.05, 3.63) is 16.5 Å². The van der Waals surface area contributed by atoms with E-state index in [0.29, 0.717) is 10.6 Å². The Bertz CT molecular complexity index is 483. The molecular weight excluding hydrogens is 262 g/mol. The van der Waals surface area contributed by atoms with Gasteiger partial charge in [0.05, 0.1) is 5.56 Å². The Kier molecular flexibility index (Phi) is 4.74. The minimum absolute atomic E-state index is 0.0235. The standard InChI is InChI=1S/C14H21NO3S/c1-8(2)11(16)10-7-9(3)19-12(10)15-13(17)18-14(4,5)6/h7-8H,1-6H3,(H,15,17). The van der Waals surface area contributed by atoms with Crippen molar-refractivity contribution in [2.45, 2.75) is 47.1 Å². The van der Waals surface area contributed by atoms with Gasteiger partial charge in [0.25, 0.3) is 0 Å². The van der Waals surface area contributed by atoms with E-state index >= 15 is 0 Å². The molecule has 1 amide bonds. The molecule has 0 bridgehead atoms. The van der Waals surface area contributed by atoms with Crippen LogP contribution >= 0.6 is 11.3 Å². The minimum atomic E-state index is -0.557. The highest BCUT2D eigenvalue weighted by Gasteiger charge is 2.21. The van der Waals surface area contributed by atoms with Gasteiger partial charge in [0, 0.05) is 10.8 Å². The molecule has 19 heavy (non-hydrogen) atoms. The molecule has 0 radical (unpaired) electrons. The molecule has 0 saturated heterocycles. The number of ether oxygens (including phenoxy) is 1. The van der Waals surface area contributed by atoms with Gasteiger partial charge in [0.1, 0.15) is 10.6 Å². The molecule has 0 fully saturated rings. The van der Waals surface area contributed by atoms with Crippen LogP contribution in [0.1, 0.15) is 49.9 Å². The van der Waals surface area contributed by atoms with Crippen molar-refractivity contribution in [3.63, 3.8) is 0 Å². The average Bonchev–Trinajstić information content (AvgIpc) is 2.54. The van der Waals surface area contributed by atoms with Gasteiger partial charge in [0.2, 0.25) is 0 Å². The van der Waals surface area contributed by atoms with Crippen LogP contribution in [0, 0.1) is 12.8 Å². The number of carbonyl (C=O) groups excluding carboxylic acids is 2. The summed E-state index contributed by atoms with van der Waals surface area (Å²) in [6, 6.07) is 1.81. The lowest BCUT2D eigenvalue weighted by atomic mass is 10.0. The monoisotopic (exact) mass is 283 g/mol. The third-order valence-electron chi connectivity index (χ3n) is 2.26. The van der Waals surface area contributed by atoms with Crippen LogP contribution < -0.4 is 5.32 Å². The van der Waals surface area contributed by atoms with Crippen molar-refractivity contribution in [3.8, 4) is 0 Å². The Hall–Kier alpha value is -1.36. The minimum Gasteiger partial charge on any atom is -0.444 e. The largest absolute Gasteiger partial charge is 0.444 e. The van der Waals surface area contributed by atoms with Crippen LogP contribution in [0.15, 0.2) is 6.07 Å². The Morgan fingerprint density at radius 3 is 2.37 bits per heavy atom. The highest BCUT2D eigenvalue weighted by molar-refractivity contribution is 7.16. The fraction of sp³-hybridized carbons (Fsp3) is 0.571. The van der Waals surface area contributed by atoms with E-state index < -0.39 is 11.7 Å². The first-order chi connectivity index (χ1) is 8.60. The van der Waals surface area contributed by atoms with Crippen LogP contribution in [0.5, 0.6) is 0 Å². The molecule has 1 heterocycles. The number of aryl methyl sites for hydroxylation is 1. The van der Waals surface area contributed by atoms with E-state index in [0.717, 1.165) is 4.88 Å². The number of hydrogen-bond donors (Lipinski definition) is 1. The lowest BCUT2D eigenvalue weighted by Crippen LogP contribution is -2.27. The molecule has 1 aromatic heterocycles. The van der Waals surface area contributed by atoms with Gasteiger partial charge < -0.3 is 4.74 Å². The Labute approximate surface area is 118 Å². The molecule has 0 atom stereocenters. The van der Waals surface area contributed by atoms with Gasteiger partial charge >= 0.3 is 6.09 Å². The SMILES string of the molecule is Cc1cc(C(=O)C(C)C)c(NC(=O)OC(C)(C)C)s1. The Morgan fingerprint density at radius 1 is 1.32 bits per heavy atom. The molecule has 1 rings (SSSR count). The predicted octanol–water partition coefficient (Wildman–Crippen LogP) is 4.24. The van der Waals surface area contributed by atoms with Crippen LogP contribution in [0.3, 0.4) is 0 Å². The zero-order chi connectivity index (χ0) is 14.8. The van der Waals surface area contributed by atoms with E-state index in [2.05, 4.69) is 5.32 Å². The van der Waals surface area contributed by atoms with E-state index in [-0.39, 0.29) is 11.7 Å². The maximum Gasteiger partial charge on any atom is 0.412 e. The third-order valence-corrected chi connectivity index (χ3v) is 3.23. The number of Topliss-reactive ketones (excluding diaryl/α,β-unsaturated/α-hetero) is 1. The quantitative estimate of drug-likeness (QED) is 0.844. The fourth-order valence-corrected chi connectivity index (χ4v) is 2.40. The van der Waals surface area contributed by atoms with E-state index in [1.807, 2.05) is 20.8 Å². The summed E-state index contributed by atoms with van der Waals surface area (Å²) in [7, 11) is 0. The van der Waals surface area contributed by atoms with Crippen LogP contribution in [-0.2, 0) is 4.74 Å². The summed E-state index contributed by atoms with van der Waals surface area (Å²) in [6.07, 6.45) is -0.535.